The monoisotopic (exact) mass is 191 g/mol. The molecule has 0 aliphatic heterocycles. The molecule has 0 aliphatic rings. The number of halogens is 3. The molecule has 0 heterocycles. The molecule has 0 aromatic heterocycles. The van der Waals surface area contributed by atoms with Crippen LogP contribution >= 0.6 is 0 Å². The normalized spacial score (nSPS) is 10.5. The van der Waals surface area contributed by atoms with Crippen molar-refractivity contribution in [2.75, 3.05) is 6.61 Å². The van der Waals surface area contributed by atoms with E-state index in [2.05, 4.69) is 4.84 Å². The molecule has 2 nitrogen and oxygen atoms in total. The van der Waals surface area contributed by atoms with E-state index >= 15 is 0 Å². The smallest absolute Gasteiger partial charge is 0.194 e. The van der Waals surface area contributed by atoms with Gasteiger partial charge in [-0.2, -0.15) is 0 Å². The van der Waals surface area contributed by atoms with Crippen LogP contribution in [0.5, 0.6) is 0 Å². The molecule has 0 unspecified atom stereocenters. The molecule has 0 saturated heterocycles. The van der Waals surface area contributed by atoms with Gasteiger partial charge in [-0.1, -0.05) is 0 Å². The topological polar surface area (TPSA) is 35.2 Å². The van der Waals surface area contributed by atoms with Crippen molar-refractivity contribution in [1.29, 1.82) is 0 Å². The van der Waals surface area contributed by atoms with Crippen LogP contribution in [-0.4, -0.2) is 6.61 Å². The molecule has 0 amide bonds. The van der Waals surface area contributed by atoms with Crippen molar-refractivity contribution in [2.45, 2.75) is 6.42 Å². The molecule has 5 heteroatoms. The minimum atomic E-state index is -1.46. The lowest BCUT2D eigenvalue weighted by molar-refractivity contribution is 0.141. The van der Waals surface area contributed by atoms with Crippen LogP contribution in [0.1, 0.15) is 5.56 Å². The van der Waals surface area contributed by atoms with Gasteiger partial charge in [0.2, 0.25) is 0 Å². The minimum absolute atomic E-state index is 0.129. The molecule has 0 bridgehead atoms. The Morgan fingerprint density at radius 2 is 1.69 bits per heavy atom. The third-order valence-electron chi connectivity index (χ3n) is 1.55. The van der Waals surface area contributed by atoms with E-state index in [0.717, 1.165) is 12.1 Å². The van der Waals surface area contributed by atoms with Crippen LogP contribution in [-0.2, 0) is 11.3 Å². The average molecular weight is 191 g/mol. The fourth-order valence-electron chi connectivity index (χ4n) is 0.929. The molecule has 13 heavy (non-hydrogen) atoms. The summed E-state index contributed by atoms with van der Waals surface area (Å²) in [6, 6.07) is 1.83. The van der Waals surface area contributed by atoms with Crippen LogP contribution in [0.3, 0.4) is 0 Å². The predicted octanol–water partition coefficient (Wildman–Crippen LogP) is 1.54. The van der Waals surface area contributed by atoms with Gasteiger partial charge in [-0.3, -0.25) is 0 Å². The second-order valence-corrected chi connectivity index (χ2v) is 2.49. The number of rotatable bonds is 3. The molecular weight excluding hydrogens is 183 g/mol. The predicted molar refractivity (Wildman–Crippen MR) is 40.2 cm³/mol. The number of hydrogen-bond donors (Lipinski definition) is 1. The van der Waals surface area contributed by atoms with E-state index in [1.54, 1.807) is 0 Å². The Balaban J connectivity index is 2.86. The first-order chi connectivity index (χ1) is 6.15. The van der Waals surface area contributed by atoms with E-state index in [-0.39, 0.29) is 13.0 Å². The van der Waals surface area contributed by atoms with Gasteiger partial charge in [-0.15, -0.1) is 0 Å². The zero-order chi connectivity index (χ0) is 9.84. The lowest BCUT2D eigenvalue weighted by Gasteiger charge is -2.01. The molecule has 0 spiro atoms. The quantitative estimate of drug-likeness (QED) is 0.581. The van der Waals surface area contributed by atoms with Crippen molar-refractivity contribution in [1.82, 2.24) is 0 Å². The van der Waals surface area contributed by atoms with E-state index in [1.165, 1.54) is 0 Å². The highest BCUT2D eigenvalue weighted by Crippen LogP contribution is 2.13. The average Bonchev–Trinajstić information content (AvgIpc) is 2.10. The van der Waals surface area contributed by atoms with Gasteiger partial charge < -0.3 is 4.84 Å². The van der Waals surface area contributed by atoms with Gasteiger partial charge in [-0.05, 0) is 24.1 Å². The Hall–Kier alpha value is -1.07. The second-order valence-electron chi connectivity index (χ2n) is 2.49. The molecule has 1 aromatic carbocycles. The number of hydrogen-bond acceptors (Lipinski definition) is 2. The third-order valence-corrected chi connectivity index (χ3v) is 1.55. The summed E-state index contributed by atoms with van der Waals surface area (Å²) in [4.78, 5) is 4.22. The summed E-state index contributed by atoms with van der Waals surface area (Å²) in [6.45, 7) is 0.129. The van der Waals surface area contributed by atoms with Gasteiger partial charge in [-0.25, -0.2) is 19.1 Å². The van der Waals surface area contributed by atoms with E-state index in [4.69, 9.17) is 5.90 Å². The molecule has 0 aliphatic carbocycles. The first-order valence-corrected chi connectivity index (χ1v) is 3.60. The summed E-state index contributed by atoms with van der Waals surface area (Å²) in [6.07, 6.45) is 0.241. The SMILES string of the molecule is NOCCc1cc(F)c(F)c(F)c1. The molecular formula is C8H8F3NO. The fraction of sp³-hybridized carbons (Fsp3) is 0.250. The van der Waals surface area contributed by atoms with Crippen molar-refractivity contribution in [3.8, 4) is 0 Å². The molecule has 1 rings (SSSR count). The largest absolute Gasteiger partial charge is 0.304 e. The van der Waals surface area contributed by atoms with E-state index in [0.29, 0.717) is 5.56 Å². The maximum atomic E-state index is 12.6. The van der Waals surface area contributed by atoms with Crippen molar-refractivity contribution in [3.63, 3.8) is 0 Å². The number of nitrogens with two attached hydrogens (primary N) is 1. The minimum Gasteiger partial charge on any atom is -0.304 e. The van der Waals surface area contributed by atoms with Gasteiger partial charge in [0.15, 0.2) is 17.5 Å². The van der Waals surface area contributed by atoms with E-state index in [1.807, 2.05) is 0 Å². The van der Waals surface area contributed by atoms with Crippen LogP contribution in [0.4, 0.5) is 13.2 Å². The van der Waals surface area contributed by atoms with Crippen LogP contribution in [0.25, 0.3) is 0 Å². The van der Waals surface area contributed by atoms with Gasteiger partial charge in [0.1, 0.15) is 0 Å². The van der Waals surface area contributed by atoms with Gasteiger partial charge in [0.05, 0.1) is 6.61 Å². The summed E-state index contributed by atoms with van der Waals surface area (Å²) in [5.41, 5.74) is 0.307. The highest BCUT2D eigenvalue weighted by atomic mass is 19.2. The summed E-state index contributed by atoms with van der Waals surface area (Å²) in [5, 5.41) is 0. The Labute approximate surface area is 73.1 Å². The number of benzene rings is 1. The molecule has 0 saturated carbocycles. The fourth-order valence-corrected chi connectivity index (χ4v) is 0.929. The van der Waals surface area contributed by atoms with Crippen molar-refractivity contribution in [3.05, 3.63) is 35.1 Å². The zero-order valence-corrected chi connectivity index (χ0v) is 6.69. The standard InChI is InChI=1S/C8H8F3NO/c9-6-3-5(1-2-13-12)4-7(10)8(6)11/h3-4H,1-2,12H2. The van der Waals surface area contributed by atoms with Gasteiger partial charge >= 0.3 is 0 Å². The Kier molecular flexibility index (Phi) is 3.27. The molecule has 2 N–H and O–H groups in total. The van der Waals surface area contributed by atoms with E-state index < -0.39 is 17.5 Å². The van der Waals surface area contributed by atoms with Crippen LogP contribution < -0.4 is 5.90 Å². The second kappa shape index (κ2) is 4.25. The third kappa shape index (κ3) is 2.43. The van der Waals surface area contributed by atoms with Crippen LogP contribution in [0.2, 0.25) is 0 Å². The Morgan fingerprint density at radius 1 is 1.15 bits per heavy atom. The summed E-state index contributed by atoms with van der Waals surface area (Å²) < 4.78 is 37.6. The lowest BCUT2D eigenvalue weighted by atomic mass is 10.1. The summed E-state index contributed by atoms with van der Waals surface area (Å²) >= 11 is 0. The summed E-state index contributed by atoms with van der Waals surface area (Å²) in [7, 11) is 0. The highest BCUT2D eigenvalue weighted by molar-refractivity contribution is 5.19. The highest BCUT2D eigenvalue weighted by Gasteiger charge is 2.09. The van der Waals surface area contributed by atoms with Crippen molar-refractivity contribution < 1.29 is 18.0 Å². The summed E-state index contributed by atoms with van der Waals surface area (Å²) in [5.74, 6) is 0.856. The van der Waals surface area contributed by atoms with E-state index in [9.17, 15) is 13.2 Å². The molecule has 1 aromatic rings. The first kappa shape index (κ1) is 10.0. The maximum Gasteiger partial charge on any atom is 0.194 e. The van der Waals surface area contributed by atoms with Crippen molar-refractivity contribution >= 4 is 0 Å². The Bertz CT molecular complexity index is 280. The maximum absolute atomic E-state index is 12.6. The molecule has 0 radical (unpaired) electrons. The molecule has 0 fully saturated rings. The van der Waals surface area contributed by atoms with Gasteiger partial charge in [0.25, 0.3) is 0 Å². The molecule has 0 atom stereocenters. The van der Waals surface area contributed by atoms with Crippen molar-refractivity contribution in [2.24, 2.45) is 5.90 Å². The lowest BCUT2D eigenvalue weighted by Crippen LogP contribution is -2.05. The van der Waals surface area contributed by atoms with Crippen LogP contribution in [0.15, 0.2) is 12.1 Å². The van der Waals surface area contributed by atoms with Gasteiger partial charge in [0, 0.05) is 0 Å². The molecule has 72 valence electrons. The van der Waals surface area contributed by atoms with Crippen LogP contribution in [0, 0.1) is 17.5 Å². The zero-order valence-electron chi connectivity index (χ0n) is 6.69. The first-order valence-electron chi connectivity index (χ1n) is 3.60. The Morgan fingerprint density at radius 3 is 2.15 bits per heavy atom.